The van der Waals surface area contributed by atoms with Gasteiger partial charge < -0.3 is 11.1 Å². The standard InChI is InChI=1S/C17H20N2O/c1-13-9-10-16(18)15(12-13)17(20)19-11-5-8-14-6-3-2-4-7-14/h2-4,6-7,9-10,12H,5,8,11,18H2,1H3,(H,19,20). The van der Waals surface area contributed by atoms with E-state index in [0.29, 0.717) is 17.8 Å². The molecular weight excluding hydrogens is 248 g/mol. The zero-order valence-electron chi connectivity index (χ0n) is 11.7. The normalized spacial score (nSPS) is 10.2. The van der Waals surface area contributed by atoms with Crippen LogP contribution in [0.5, 0.6) is 0 Å². The smallest absolute Gasteiger partial charge is 0.253 e. The predicted molar refractivity (Wildman–Crippen MR) is 82.7 cm³/mol. The highest BCUT2D eigenvalue weighted by Crippen LogP contribution is 2.13. The fourth-order valence-electron chi connectivity index (χ4n) is 2.10. The van der Waals surface area contributed by atoms with E-state index < -0.39 is 0 Å². The molecule has 1 amide bonds. The Morgan fingerprint density at radius 1 is 1.15 bits per heavy atom. The predicted octanol–water partition coefficient (Wildman–Crippen LogP) is 2.94. The topological polar surface area (TPSA) is 55.1 Å². The number of rotatable bonds is 5. The van der Waals surface area contributed by atoms with Gasteiger partial charge in [0.05, 0.1) is 5.56 Å². The summed E-state index contributed by atoms with van der Waals surface area (Å²) >= 11 is 0. The van der Waals surface area contributed by atoms with E-state index in [-0.39, 0.29) is 5.91 Å². The number of amides is 1. The maximum Gasteiger partial charge on any atom is 0.253 e. The average molecular weight is 268 g/mol. The minimum absolute atomic E-state index is 0.0979. The van der Waals surface area contributed by atoms with Crippen molar-refractivity contribution in [3.8, 4) is 0 Å². The first-order valence-corrected chi connectivity index (χ1v) is 6.85. The van der Waals surface area contributed by atoms with Gasteiger partial charge in [0.25, 0.3) is 5.91 Å². The van der Waals surface area contributed by atoms with Gasteiger partial charge in [0.2, 0.25) is 0 Å². The number of anilines is 1. The van der Waals surface area contributed by atoms with E-state index in [9.17, 15) is 4.79 Å². The van der Waals surface area contributed by atoms with Crippen LogP contribution in [0.3, 0.4) is 0 Å². The number of nitrogens with one attached hydrogen (secondary N) is 1. The number of nitrogen functional groups attached to an aromatic ring is 1. The monoisotopic (exact) mass is 268 g/mol. The molecule has 0 saturated carbocycles. The highest BCUT2D eigenvalue weighted by Gasteiger charge is 2.08. The molecule has 2 rings (SSSR count). The molecule has 0 aliphatic rings. The molecule has 0 atom stereocenters. The summed E-state index contributed by atoms with van der Waals surface area (Å²) in [6, 6.07) is 15.8. The summed E-state index contributed by atoms with van der Waals surface area (Å²) in [5.41, 5.74) is 9.23. The van der Waals surface area contributed by atoms with Crippen molar-refractivity contribution < 1.29 is 4.79 Å². The minimum Gasteiger partial charge on any atom is -0.398 e. The van der Waals surface area contributed by atoms with E-state index in [4.69, 9.17) is 5.73 Å². The minimum atomic E-state index is -0.0979. The average Bonchev–Trinajstić information content (AvgIpc) is 2.47. The van der Waals surface area contributed by atoms with Crippen LogP contribution in [0.25, 0.3) is 0 Å². The largest absolute Gasteiger partial charge is 0.398 e. The lowest BCUT2D eigenvalue weighted by molar-refractivity contribution is 0.0954. The molecule has 2 aromatic rings. The molecule has 0 radical (unpaired) electrons. The number of carbonyl (C=O) groups excluding carboxylic acids is 1. The summed E-state index contributed by atoms with van der Waals surface area (Å²) in [4.78, 5) is 12.0. The van der Waals surface area contributed by atoms with Crippen molar-refractivity contribution >= 4 is 11.6 Å². The molecule has 0 spiro atoms. The molecule has 20 heavy (non-hydrogen) atoms. The van der Waals surface area contributed by atoms with E-state index in [1.165, 1.54) is 5.56 Å². The van der Waals surface area contributed by atoms with Crippen LogP contribution >= 0.6 is 0 Å². The third kappa shape index (κ3) is 3.85. The molecule has 104 valence electrons. The van der Waals surface area contributed by atoms with Crippen molar-refractivity contribution in [1.82, 2.24) is 5.32 Å². The summed E-state index contributed by atoms with van der Waals surface area (Å²) in [7, 11) is 0. The Hall–Kier alpha value is -2.29. The van der Waals surface area contributed by atoms with Gasteiger partial charge in [-0.25, -0.2) is 0 Å². The quantitative estimate of drug-likeness (QED) is 0.647. The molecule has 0 heterocycles. The van der Waals surface area contributed by atoms with Gasteiger partial charge in [0.1, 0.15) is 0 Å². The van der Waals surface area contributed by atoms with E-state index in [1.807, 2.05) is 37.3 Å². The lowest BCUT2D eigenvalue weighted by atomic mass is 10.1. The van der Waals surface area contributed by atoms with Crippen LogP contribution in [0.1, 0.15) is 27.9 Å². The van der Waals surface area contributed by atoms with Gasteiger partial charge in [0, 0.05) is 12.2 Å². The molecule has 0 fully saturated rings. The summed E-state index contributed by atoms with van der Waals surface area (Å²) < 4.78 is 0. The number of hydrogen-bond donors (Lipinski definition) is 2. The Kier molecular flexibility index (Phi) is 4.77. The van der Waals surface area contributed by atoms with E-state index in [0.717, 1.165) is 18.4 Å². The molecule has 2 aromatic carbocycles. The van der Waals surface area contributed by atoms with Crippen molar-refractivity contribution in [1.29, 1.82) is 0 Å². The highest BCUT2D eigenvalue weighted by atomic mass is 16.1. The van der Waals surface area contributed by atoms with Crippen LogP contribution in [0.15, 0.2) is 48.5 Å². The summed E-state index contributed by atoms with van der Waals surface area (Å²) in [6.07, 6.45) is 1.88. The number of benzene rings is 2. The Morgan fingerprint density at radius 3 is 2.65 bits per heavy atom. The molecule has 0 unspecified atom stereocenters. The van der Waals surface area contributed by atoms with Crippen LogP contribution in [0.4, 0.5) is 5.69 Å². The third-order valence-electron chi connectivity index (χ3n) is 3.22. The zero-order chi connectivity index (χ0) is 14.4. The Labute approximate surface area is 119 Å². The third-order valence-corrected chi connectivity index (χ3v) is 3.22. The van der Waals surface area contributed by atoms with Gasteiger partial charge in [-0.2, -0.15) is 0 Å². The molecule has 3 N–H and O–H groups in total. The highest BCUT2D eigenvalue weighted by molar-refractivity contribution is 5.99. The molecule has 3 nitrogen and oxygen atoms in total. The molecular formula is C17H20N2O. The second kappa shape index (κ2) is 6.75. The van der Waals surface area contributed by atoms with Crippen LogP contribution in [-0.2, 0) is 6.42 Å². The number of carbonyl (C=O) groups is 1. The molecule has 3 heteroatoms. The first-order chi connectivity index (χ1) is 9.66. The summed E-state index contributed by atoms with van der Waals surface area (Å²) in [5.74, 6) is -0.0979. The van der Waals surface area contributed by atoms with Gasteiger partial charge in [-0.15, -0.1) is 0 Å². The van der Waals surface area contributed by atoms with Crippen molar-refractivity contribution in [3.63, 3.8) is 0 Å². The number of hydrogen-bond acceptors (Lipinski definition) is 2. The van der Waals surface area contributed by atoms with Gasteiger partial charge in [0.15, 0.2) is 0 Å². The van der Waals surface area contributed by atoms with Crippen LogP contribution in [-0.4, -0.2) is 12.5 Å². The molecule has 0 bridgehead atoms. The van der Waals surface area contributed by atoms with Crippen LogP contribution < -0.4 is 11.1 Å². The van der Waals surface area contributed by atoms with Crippen molar-refractivity contribution in [2.24, 2.45) is 0 Å². The lowest BCUT2D eigenvalue weighted by Crippen LogP contribution is -2.25. The molecule has 0 aromatic heterocycles. The number of aryl methyl sites for hydroxylation is 2. The summed E-state index contributed by atoms with van der Waals surface area (Å²) in [5, 5.41) is 2.92. The molecule has 0 aliphatic heterocycles. The fourth-order valence-corrected chi connectivity index (χ4v) is 2.10. The summed E-state index contributed by atoms with van der Waals surface area (Å²) in [6.45, 7) is 2.60. The first-order valence-electron chi connectivity index (χ1n) is 6.85. The molecule has 0 saturated heterocycles. The van der Waals surface area contributed by atoms with Crippen molar-refractivity contribution in [3.05, 3.63) is 65.2 Å². The van der Waals surface area contributed by atoms with E-state index in [2.05, 4.69) is 17.4 Å². The Balaban J connectivity index is 1.82. The van der Waals surface area contributed by atoms with E-state index >= 15 is 0 Å². The van der Waals surface area contributed by atoms with Crippen molar-refractivity contribution in [2.75, 3.05) is 12.3 Å². The van der Waals surface area contributed by atoms with Gasteiger partial charge in [-0.05, 0) is 37.5 Å². The number of nitrogens with two attached hydrogens (primary N) is 1. The Bertz CT molecular complexity index is 579. The molecule has 0 aliphatic carbocycles. The maximum absolute atomic E-state index is 12.0. The Morgan fingerprint density at radius 2 is 1.90 bits per heavy atom. The van der Waals surface area contributed by atoms with Crippen molar-refractivity contribution in [2.45, 2.75) is 19.8 Å². The zero-order valence-corrected chi connectivity index (χ0v) is 11.7. The second-order valence-electron chi connectivity index (χ2n) is 4.94. The second-order valence-corrected chi connectivity index (χ2v) is 4.94. The fraction of sp³-hybridized carbons (Fsp3) is 0.235. The SMILES string of the molecule is Cc1ccc(N)c(C(=O)NCCCc2ccccc2)c1. The lowest BCUT2D eigenvalue weighted by Gasteiger charge is -2.08. The van der Waals surface area contributed by atoms with Crippen LogP contribution in [0.2, 0.25) is 0 Å². The van der Waals surface area contributed by atoms with Crippen LogP contribution in [0, 0.1) is 6.92 Å². The van der Waals surface area contributed by atoms with E-state index in [1.54, 1.807) is 6.07 Å². The van der Waals surface area contributed by atoms with Gasteiger partial charge in [-0.1, -0.05) is 42.0 Å². The van der Waals surface area contributed by atoms with Gasteiger partial charge >= 0.3 is 0 Å². The first kappa shape index (κ1) is 14.1. The maximum atomic E-state index is 12.0. The van der Waals surface area contributed by atoms with Gasteiger partial charge in [-0.3, -0.25) is 4.79 Å².